The van der Waals surface area contributed by atoms with E-state index in [1.54, 1.807) is 11.3 Å². The van der Waals surface area contributed by atoms with Gasteiger partial charge in [0, 0.05) is 38.0 Å². The lowest BCUT2D eigenvalue weighted by atomic mass is 10.3. The number of carbonyl (C=O) groups is 1. The third kappa shape index (κ3) is 5.82. The molecule has 0 atom stereocenters. The van der Waals surface area contributed by atoms with Gasteiger partial charge in [-0.15, -0.1) is 11.3 Å². The smallest absolute Gasteiger partial charge is 0.244 e. The van der Waals surface area contributed by atoms with Crippen LogP contribution in [0.5, 0.6) is 0 Å². The summed E-state index contributed by atoms with van der Waals surface area (Å²) in [6, 6.07) is 0. The van der Waals surface area contributed by atoms with E-state index >= 15 is 0 Å². The fourth-order valence-corrected chi connectivity index (χ4v) is 3.27. The minimum atomic E-state index is 0.117. The largest absolute Gasteiger partial charge is 0.357 e. The maximum atomic E-state index is 12.0. The van der Waals surface area contributed by atoms with Gasteiger partial charge in [-0.1, -0.05) is 6.92 Å². The Labute approximate surface area is 142 Å². The maximum absolute atomic E-state index is 12.0. The van der Waals surface area contributed by atoms with Crippen LogP contribution in [0.15, 0.2) is 10.4 Å². The number of rotatable bonds is 7. The highest BCUT2D eigenvalue weighted by Gasteiger charge is 2.17. The van der Waals surface area contributed by atoms with Crippen molar-refractivity contribution >= 4 is 23.2 Å². The molecule has 1 aliphatic heterocycles. The Balaban J connectivity index is 1.77. The molecule has 0 bridgehead atoms. The molecule has 0 unspecified atom stereocenters. The van der Waals surface area contributed by atoms with Gasteiger partial charge < -0.3 is 15.5 Å². The minimum absolute atomic E-state index is 0.117. The van der Waals surface area contributed by atoms with Gasteiger partial charge in [0.2, 0.25) is 5.91 Å². The fraction of sp³-hybridized carbons (Fsp3) is 0.688. The van der Waals surface area contributed by atoms with Gasteiger partial charge in [-0.05, 0) is 26.2 Å². The number of hydrogen-bond acceptors (Lipinski definition) is 4. The van der Waals surface area contributed by atoms with Gasteiger partial charge in [-0.3, -0.25) is 4.79 Å². The predicted molar refractivity (Wildman–Crippen MR) is 95.0 cm³/mol. The number of thiazole rings is 1. The van der Waals surface area contributed by atoms with Gasteiger partial charge in [-0.25, -0.2) is 9.98 Å². The summed E-state index contributed by atoms with van der Waals surface area (Å²) in [5.74, 6) is 0.817. The molecule has 0 saturated carbocycles. The van der Waals surface area contributed by atoms with Crippen molar-refractivity contribution in [2.24, 2.45) is 4.99 Å². The summed E-state index contributed by atoms with van der Waals surface area (Å²) >= 11 is 1.71. The van der Waals surface area contributed by atoms with E-state index in [0.717, 1.165) is 57.6 Å². The van der Waals surface area contributed by atoms with Crippen molar-refractivity contribution in [3.8, 4) is 0 Å². The van der Waals surface area contributed by atoms with E-state index in [9.17, 15) is 4.79 Å². The highest BCUT2D eigenvalue weighted by molar-refractivity contribution is 7.09. The molecule has 7 heteroatoms. The Morgan fingerprint density at radius 2 is 2.13 bits per heavy atom. The van der Waals surface area contributed by atoms with Gasteiger partial charge >= 0.3 is 0 Å². The Morgan fingerprint density at radius 1 is 1.35 bits per heavy atom. The number of amides is 1. The van der Waals surface area contributed by atoms with Crippen LogP contribution in [0.1, 0.15) is 37.4 Å². The minimum Gasteiger partial charge on any atom is -0.357 e. The Kier molecular flexibility index (Phi) is 7.32. The average Bonchev–Trinajstić information content (AvgIpc) is 3.23. The number of hydrogen-bond donors (Lipinski definition) is 2. The molecular formula is C16H27N5OS. The molecule has 0 aliphatic carbocycles. The lowest BCUT2D eigenvalue weighted by Gasteiger charge is -2.15. The molecule has 1 aromatic rings. The van der Waals surface area contributed by atoms with Crippen LogP contribution < -0.4 is 10.6 Å². The van der Waals surface area contributed by atoms with E-state index in [4.69, 9.17) is 0 Å². The van der Waals surface area contributed by atoms with Crippen molar-refractivity contribution in [1.82, 2.24) is 20.5 Å². The molecule has 1 fully saturated rings. The first-order chi connectivity index (χ1) is 11.2. The average molecular weight is 337 g/mol. The van der Waals surface area contributed by atoms with E-state index in [2.05, 4.69) is 32.9 Å². The summed E-state index contributed by atoms with van der Waals surface area (Å²) in [5, 5.41) is 9.75. The molecule has 1 aromatic heterocycles. The van der Waals surface area contributed by atoms with Gasteiger partial charge in [0.15, 0.2) is 5.96 Å². The van der Waals surface area contributed by atoms with Crippen LogP contribution >= 0.6 is 11.3 Å². The van der Waals surface area contributed by atoms with Crippen LogP contribution in [0.25, 0.3) is 0 Å². The van der Waals surface area contributed by atoms with Crippen LogP contribution in [0.4, 0.5) is 0 Å². The van der Waals surface area contributed by atoms with Crippen molar-refractivity contribution in [3.05, 3.63) is 16.1 Å². The number of aromatic nitrogens is 1. The summed E-state index contributed by atoms with van der Waals surface area (Å²) in [7, 11) is 0. The second-order valence-corrected chi connectivity index (χ2v) is 6.49. The second kappa shape index (κ2) is 9.50. The topological polar surface area (TPSA) is 69.6 Å². The van der Waals surface area contributed by atoms with E-state index in [1.807, 2.05) is 11.8 Å². The quantitative estimate of drug-likeness (QED) is 0.583. The molecule has 0 spiro atoms. The van der Waals surface area contributed by atoms with Gasteiger partial charge in [0.05, 0.1) is 10.7 Å². The third-order valence-corrected chi connectivity index (χ3v) is 4.79. The molecule has 2 N–H and O–H groups in total. The van der Waals surface area contributed by atoms with Crippen molar-refractivity contribution in [2.45, 2.75) is 39.5 Å². The number of guanidine groups is 1. The zero-order valence-electron chi connectivity index (χ0n) is 14.1. The number of likely N-dealkylation sites (tertiary alicyclic amines) is 1. The highest BCUT2D eigenvalue weighted by atomic mass is 32.1. The highest BCUT2D eigenvalue weighted by Crippen LogP contribution is 2.10. The molecule has 1 amide bonds. The second-order valence-electron chi connectivity index (χ2n) is 5.55. The molecule has 2 heterocycles. The normalized spacial score (nSPS) is 15.0. The summed E-state index contributed by atoms with van der Waals surface area (Å²) in [6.07, 6.45) is 4.07. The predicted octanol–water partition coefficient (Wildman–Crippen LogP) is 1.43. The third-order valence-electron chi connectivity index (χ3n) is 3.75. The monoisotopic (exact) mass is 337 g/mol. The Bertz CT molecular complexity index is 522. The van der Waals surface area contributed by atoms with E-state index < -0.39 is 0 Å². The number of carbonyl (C=O) groups excluding carboxylic acids is 1. The van der Waals surface area contributed by atoms with Gasteiger partial charge in [-0.2, -0.15) is 0 Å². The molecule has 1 aliphatic rings. The van der Waals surface area contributed by atoms with Crippen molar-refractivity contribution in [3.63, 3.8) is 0 Å². The molecule has 1 saturated heterocycles. The maximum Gasteiger partial charge on any atom is 0.244 e. The summed E-state index contributed by atoms with van der Waals surface area (Å²) in [6.45, 7) is 7.65. The molecule has 6 nitrogen and oxygen atoms in total. The lowest BCUT2D eigenvalue weighted by molar-refractivity contribution is -0.128. The standard InChI is InChI=1S/C16H27N5OS/c1-3-14-20-13(12-23-14)7-8-18-16(17-4-2)19-11-15(22)21-9-5-6-10-21/h12H,3-11H2,1-2H3,(H2,17,18,19). The summed E-state index contributed by atoms with van der Waals surface area (Å²) in [4.78, 5) is 22.9. The van der Waals surface area contributed by atoms with Gasteiger partial charge in [0.25, 0.3) is 0 Å². The SMILES string of the molecule is CCNC(=NCC(=O)N1CCCC1)NCCc1csc(CC)n1. The van der Waals surface area contributed by atoms with Crippen molar-refractivity contribution < 1.29 is 4.79 Å². The zero-order valence-corrected chi connectivity index (χ0v) is 14.9. The summed E-state index contributed by atoms with van der Waals surface area (Å²) < 4.78 is 0. The number of nitrogens with zero attached hydrogens (tertiary/aromatic N) is 3. The first-order valence-electron chi connectivity index (χ1n) is 8.46. The summed E-state index contributed by atoms with van der Waals surface area (Å²) in [5.41, 5.74) is 1.11. The molecular weight excluding hydrogens is 310 g/mol. The lowest BCUT2D eigenvalue weighted by Crippen LogP contribution is -2.39. The fourth-order valence-electron chi connectivity index (χ4n) is 2.49. The number of nitrogens with one attached hydrogen (secondary N) is 2. The Hall–Kier alpha value is -1.63. The van der Waals surface area contributed by atoms with Crippen LogP contribution in [0.3, 0.4) is 0 Å². The molecule has 0 aromatic carbocycles. The molecule has 0 radical (unpaired) electrons. The van der Waals surface area contributed by atoms with Gasteiger partial charge in [0.1, 0.15) is 6.54 Å². The van der Waals surface area contributed by atoms with Crippen molar-refractivity contribution in [2.75, 3.05) is 32.7 Å². The van der Waals surface area contributed by atoms with Crippen LogP contribution in [0.2, 0.25) is 0 Å². The Morgan fingerprint density at radius 3 is 2.78 bits per heavy atom. The van der Waals surface area contributed by atoms with Crippen LogP contribution in [0, 0.1) is 0 Å². The van der Waals surface area contributed by atoms with Crippen LogP contribution in [-0.2, 0) is 17.6 Å². The molecule has 2 rings (SSSR count). The zero-order chi connectivity index (χ0) is 16.5. The van der Waals surface area contributed by atoms with E-state index in [0.29, 0.717) is 5.96 Å². The first kappa shape index (κ1) is 17.7. The molecule has 128 valence electrons. The first-order valence-corrected chi connectivity index (χ1v) is 9.34. The molecule has 23 heavy (non-hydrogen) atoms. The number of aryl methyl sites for hydroxylation is 1. The number of aliphatic imine (C=N–C) groups is 1. The van der Waals surface area contributed by atoms with Crippen molar-refractivity contribution in [1.29, 1.82) is 0 Å². The van der Waals surface area contributed by atoms with E-state index in [1.165, 1.54) is 5.01 Å². The van der Waals surface area contributed by atoms with E-state index in [-0.39, 0.29) is 12.5 Å². The van der Waals surface area contributed by atoms with Crippen LogP contribution in [-0.4, -0.2) is 54.5 Å².